The summed E-state index contributed by atoms with van der Waals surface area (Å²) in [6.45, 7) is 1.63. The summed E-state index contributed by atoms with van der Waals surface area (Å²) in [5.41, 5.74) is 1.74. The van der Waals surface area contributed by atoms with Crippen molar-refractivity contribution < 1.29 is 22.5 Å². The summed E-state index contributed by atoms with van der Waals surface area (Å²) < 4.78 is 46.1. The fourth-order valence-corrected chi connectivity index (χ4v) is 5.12. The van der Waals surface area contributed by atoms with Gasteiger partial charge in [0.1, 0.15) is 22.7 Å². The van der Waals surface area contributed by atoms with Gasteiger partial charge in [0.25, 0.3) is 5.71 Å². The van der Waals surface area contributed by atoms with Crippen LogP contribution in [0, 0.1) is 0 Å². The van der Waals surface area contributed by atoms with Crippen LogP contribution in [0.15, 0.2) is 89.5 Å². The summed E-state index contributed by atoms with van der Waals surface area (Å²) in [5.74, 6) is 1.22. The number of alkyl halides is 3. The molecule has 11 heteroatoms. The number of rotatable bonds is 5. The Bertz CT molecular complexity index is 1690. The number of anilines is 2. The lowest BCUT2D eigenvalue weighted by atomic mass is 10.1. The molecule has 2 amide bonds. The molecule has 0 unspecified atom stereocenters. The van der Waals surface area contributed by atoms with E-state index in [2.05, 4.69) is 20.4 Å². The number of hydrogen-bond donors (Lipinski definition) is 1. The van der Waals surface area contributed by atoms with Gasteiger partial charge in [-0.05, 0) is 24.1 Å². The minimum absolute atomic E-state index is 0.267. The number of urea groups is 1. The SMILES string of the molecule is O=C(Nc1ccccc1C(F)(F)F)N1CCCN(c2nc(Cc3ccccc3)nc3onc(-c4ccccc4)c23)CC1. The Kier molecular flexibility index (Phi) is 7.47. The number of amides is 2. The molecule has 8 nitrogen and oxygen atoms in total. The lowest BCUT2D eigenvalue weighted by Gasteiger charge is -2.24. The van der Waals surface area contributed by atoms with Gasteiger partial charge in [-0.25, -0.2) is 9.78 Å². The second kappa shape index (κ2) is 11.5. The summed E-state index contributed by atoms with van der Waals surface area (Å²) in [4.78, 5) is 26.3. The highest BCUT2D eigenvalue weighted by Gasteiger charge is 2.34. The standard InChI is InChI=1S/C31H27F3N6O2/c32-31(33,34)23-14-7-8-15-24(23)35-30(41)40-17-9-16-39(18-19-40)28-26-27(22-12-5-2-6-13-22)38-42-29(26)37-25(36-28)20-21-10-3-1-4-11-21/h1-8,10-15H,9,16-20H2,(H,35,41). The molecule has 1 fully saturated rings. The largest absolute Gasteiger partial charge is 0.418 e. The van der Waals surface area contributed by atoms with Crippen LogP contribution < -0.4 is 10.2 Å². The van der Waals surface area contributed by atoms with E-state index in [-0.39, 0.29) is 12.2 Å². The Hall–Kier alpha value is -4.93. The number of benzene rings is 3. The van der Waals surface area contributed by atoms with Crippen LogP contribution >= 0.6 is 0 Å². The first-order valence-corrected chi connectivity index (χ1v) is 13.6. The molecule has 5 aromatic rings. The van der Waals surface area contributed by atoms with Crippen molar-refractivity contribution in [3.63, 3.8) is 0 Å². The third kappa shape index (κ3) is 5.76. The number of nitrogens with one attached hydrogen (secondary N) is 1. The van der Waals surface area contributed by atoms with Crippen LogP contribution in [0.1, 0.15) is 23.4 Å². The molecule has 214 valence electrons. The molecule has 0 spiro atoms. The molecule has 0 radical (unpaired) electrons. The van der Waals surface area contributed by atoms with Gasteiger partial charge in [-0.15, -0.1) is 0 Å². The summed E-state index contributed by atoms with van der Waals surface area (Å²) in [6, 6.07) is 23.9. The molecule has 2 aromatic heterocycles. The number of halogens is 3. The maximum atomic E-state index is 13.5. The average molecular weight is 573 g/mol. The first-order valence-electron chi connectivity index (χ1n) is 13.6. The Labute approximate surface area is 239 Å². The summed E-state index contributed by atoms with van der Waals surface area (Å²) in [6.07, 6.45) is -3.50. The van der Waals surface area contributed by atoms with Crippen molar-refractivity contribution in [3.8, 4) is 11.3 Å². The molecule has 1 aliphatic heterocycles. The minimum Gasteiger partial charge on any atom is -0.354 e. The Morgan fingerprint density at radius 1 is 0.857 bits per heavy atom. The molecule has 3 heterocycles. The monoisotopic (exact) mass is 572 g/mol. The Morgan fingerprint density at radius 2 is 1.57 bits per heavy atom. The molecule has 1 saturated heterocycles. The van der Waals surface area contributed by atoms with Gasteiger partial charge in [0, 0.05) is 38.2 Å². The molecular formula is C31H27F3N6O2. The molecular weight excluding hydrogens is 545 g/mol. The van der Waals surface area contributed by atoms with Gasteiger partial charge in [-0.3, -0.25) is 0 Å². The van der Waals surface area contributed by atoms with Crippen molar-refractivity contribution in [3.05, 3.63) is 102 Å². The van der Waals surface area contributed by atoms with Crippen LogP contribution in [0.3, 0.4) is 0 Å². The highest BCUT2D eigenvalue weighted by molar-refractivity contribution is 5.98. The highest BCUT2D eigenvalue weighted by Crippen LogP contribution is 2.36. The van der Waals surface area contributed by atoms with E-state index in [1.165, 1.54) is 23.1 Å². The quantitative estimate of drug-likeness (QED) is 0.254. The van der Waals surface area contributed by atoms with Crippen molar-refractivity contribution in [1.29, 1.82) is 0 Å². The second-order valence-electron chi connectivity index (χ2n) is 10.0. The predicted octanol–water partition coefficient (Wildman–Crippen LogP) is 6.64. The van der Waals surface area contributed by atoms with Crippen molar-refractivity contribution in [2.45, 2.75) is 19.0 Å². The van der Waals surface area contributed by atoms with E-state index >= 15 is 0 Å². The summed E-state index contributed by atoms with van der Waals surface area (Å²) >= 11 is 0. The smallest absolute Gasteiger partial charge is 0.354 e. The highest BCUT2D eigenvalue weighted by atomic mass is 19.4. The number of carbonyl (C=O) groups is 1. The number of hydrogen-bond acceptors (Lipinski definition) is 6. The number of nitrogens with zero attached hydrogens (tertiary/aromatic N) is 5. The molecule has 0 saturated carbocycles. The van der Waals surface area contributed by atoms with Crippen LogP contribution in [0.2, 0.25) is 0 Å². The van der Waals surface area contributed by atoms with E-state index in [0.717, 1.165) is 17.2 Å². The van der Waals surface area contributed by atoms with Gasteiger partial charge in [-0.2, -0.15) is 18.2 Å². The lowest BCUT2D eigenvalue weighted by Crippen LogP contribution is -2.38. The van der Waals surface area contributed by atoms with Crippen molar-refractivity contribution in [2.24, 2.45) is 0 Å². The molecule has 1 aliphatic rings. The topological polar surface area (TPSA) is 87.4 Å². The van der Waals surface area contributed by atoms with E-state index in [9.17, 15) is 18.0 Å². The number of fused-ring (bicyclic) bond motifs is 1. The molecule has 0 aliphatic carbocycles. The Balaban J connectivity index is 1.29. The average Bonchev–Trinajstić information content (AvgIpc) is 3.26. The maximum Gasteiger partial charge on any atom is 0.418 e. The molecule has 6 rings (SSSR count). The van der Waals surface area contributed by atoms with Crippen molar-refractivity contribution in [1.82, 2.24) is 20.0 Å². The minimum atomic E-state index is -4.58. The van der Waals surface area contributed by atoms with Gasteiger partial charge < -0.3 is 19.6 Å². The zero-order valence-corrected chi connectivity index (χ0v) is 22.5. The molecule has 0 atom stereocenters. The number of para-hydroxylation sites is 1. The van der Waals surface area contributed by atoms with E-state index in [1.807, 2.05) is 60.7 Å². The third-order valence-corrected chi connectivity index (χ3v) is 7.17. The number of carbonyl (C=O) groups excluding carboxylic acids is 1. The number of aromatic nitrogens is 3. The van der Waals surface area contributed by atoms with Gasteiger partial charge in [-0.1, -0.05) is 78.0 Å². The summed E-state index contributed by atoms with van der Waals surface area (Å²) in [7, 11) is 0. The van der Waals surface area contributed by atoms with Gasteiger partial charge in [0.05, 0.1) is 11.3 Å². The van der Waals surface area contributed by atoms with E-state index in [1.54, 1.807) is 0 Å². The molecule has 0 bridgehead atoms. The van der Waals surface area contributed by atoms with Crippen LogP contribution in [-0.4, -0.2) is 52.2 Å². The maximum absolute atomic E-state index is 13.5. The van der Waals surface area contributed by atoms with E-state index in [4.69, 9.17) is 9.51 Å². The van der Waals surface area contributed by atoms with Crippen LogP contribution in [0.4, 0.5) is 29.5 Å². The molecule has 3 aromatic carbocycles. The normalized spacial score (nSPS) is 14.2. The van der Waals surface area contributed by atoms with Crippen LogP contribution in [-0.2, 0) is 12.6 Å². The van der Waals surface area contributed by atoms with Crippen LogP contribution in [0.5, 0.6) is 0 Å². The predicted molar refractivity (Wildman–Crippen MR) is 153 cm³/mol. The van der Waals surface area contributed by atoms with Gasteiger partial charge in [0.2, 0.25) is 0 Å². The fourth-order valence-electron chi connectivity index (χ4n) is 5.12. The third-order valence-electron chi connectivity index (χ3n) is 7.17. The zero-order valence-electron chi connectivity index (χ0n) is 22.5. The summed E-state index contributed by atoms with van der Waals surface area (Å²) in [5, 5.41) is 7.48. The van der Waals surface area contributed by atoms with Crippen LogP contribution in [0.25, 0.3) is 22.4 Å². The molecule has 42 heavy (non-hydrogen) atoms. The van der Waals surface area contributed by atoms with E-state index in [0.29, 0.717) is 60.9 Å². The Morgan fingerprint density at radius 3 is 2.33 bits per heavy atom. The van der Waals surface area contributed by atoms with E-state index < -0.39 is 17.8 Å². The first kappa shape index (κ1) is 27.3. The van der Waals surface area contributed by atoms with Crippen molar-refractivity contribution in [2.75, 3.05) is 36.4 Å². The fraction of sp³-hybridized carbons (Fsp3) is 0.226. The first-order chi connectivity index (χ1) is 20.4. The van der Waals surface area contributed by atoms with Gasteiger partial charge >= 0.3 is 12.2 Å². The van der Waals surface area contributed by atoms with Gasteiger partial charge in [0.15, 0.2) is 0 Å². The molecule has 1 N–H and O–H groups in total. The second-order valence-corrected chi connectivity index (χ2v) is 10.0. The van der Waals surface area contributed by atoms with Crippen molar-refractivity contribution >= 4 is 28.6 Å². The zero-order chi connectivity index (χ0) is 29.1. The lowest BCUT2D eigenvalue weighted by molar-refractivity contribution is -0.136.